The Bertz CT molecular complexity index is 1650. The van der Waals surface area contributed by atoms with E-state index in [2.05, 4.69) is 57.2 Å². The molecule has 0 aliphatic heterocycles. The average Bonchev–Trinajstić information content (AvgIpc) is 3.89. The summed E-state index contributed by atoms with van der Waals surface area (Å²) in [5.74, 6) is -1.80. The molecule has 3 aromatic heterocycles. The van der Waals surface area contributed by atoms with Crippen LogP contribution in [0.25, 0.3) is 37.6 Å². The van der Waals surface area contributed by atoms with Gasteiger partial charge in [-0.15, -0.1) is 32.9 Å². The van der Waals surface area contributed by atoms with Crippen molar-refractivity contribution in [3.8, 4) is 32.3 Å². The molecule has 0 atom stereocenters. The van der Waals surface area contributed by atoms with E-state index >= 15 is 8.78 Å². The summed E-state index contributed by atoms with van der Waals surface area (Å²) in [6.45, 7) is 6.98. The van der Waals surface area contributed by atoms with Crippen LogP contribution in [0.5, 0.6) is 5.75 Å². The summed E-state index contributed by atoms with van der Waals surface area (Å²) in [5.41, 5.74) is 3.68. The topological polar surface area (TPSA) is 39.9 Å². The van der Waals surface area contributed by atoms with Gasteiger partial charge < -0.3 is 4.74 Å². The molecule has 0 spiro atoms. The number of ether oxygens (including phenoxy) is 1. The van der Waals surface area contributed by atoms with Crippen LogP contribution in [0.1, 0.15) is 133 Å². The van der Waals surface area contributed by atoms with Gasteiger partial charge in [0, 0.05) is 42.8 Å². The Morgan fingerprint density at radius 2 is 1.00 bits per heavy atom. The minimum Gasteiger partial charge on any atom is -0.488 e. The molecule has 0 fully saturated rings. The number of thiophene rings is 2. The zero-order valence-corrected chi connectivity index (χ0v) is 32.0. The summed E-state index contributed by atoms with van der Waals surface area (Å²) >= 11 is 3.59. The molecule has 0 saturated heterocycles. The van der Waals surface area contributed by atoms with E-state index in [-0.39, 0.29) is 11.4 Å². The molecule has 0 unspecified atom stereocenters. The first-order valence-electron chi connectivity index (χ1n) is 19.2. The van der Waals surface area contributed by atoms with E-state index in [4.69, 9.17) is 14.9 Å². The number of unbranched alkanes of at least 4 members (excludes halogenated alkanes) is 13. The van der Waals surface area contributed by atoms with E-state index in [0.717, 1.165) is 64.0 Å². The van der Waals surface area contributed by atoms with E-state index in [9.17, 15) is 0 Å². The molecule has 0 N–H and O–H groups in total. The molecular weight excluding hydrogens is 665 g/mol. The minimum absolute atomic E-state index is 0.234. The second kappa shape index (κ2) is 20.1. The van der Waals surface area contributed by atoms with Crippen molar-refractivity contribution in [2.75, 3.05) is 6.61 Å². The number of halogens is 2. The Balaban J connectivity index is 1.38. The highest BCUT2D eigenvalue weighted by Gasteiger charge is 2.20. The molecule has 50 heavy (non-hydrogen) atoms. The number of nitrogens with zero attached hydrogens (tertiary/aromatic N) is 3. The maximum atomic E-state index is 15.4. The number of rotatable bonds is 23. The Morgan fingerprint density at radius 1 is 0.560 bits per heavy atom. The van der Waals surface area contributed by atoms with Gasteiger partial charge in [-0.05, 0) is 56.4 Å². The van der Waals surface area contributed by atoms with E-state index in [1.165, 1.54) is 110 Å². The molecule has 8 heteroatoms. The third-order valence-corrected chi connectivity index (χ3v) is 11.8. The quantitative estimate of drug-likeness (QED) is 0.0631. The van der Waals surface area contributed by atoms with Gasteiger partial charge in [-0.25, -0.2) is 8.78 Å². The van der Waals surface area contributed by atoms with E-state index in [1.807, 2.05) is 0 Å². The standard InChI is InChI=1S/C42H55F2N3OS2/c1-4-7-10-13-14-15-16-19-28-48-42-36(43)29-31(30-37(42)44)47-45-40-34(38-26-22-32(49-38)20-17-11-8-5-2)24-25-35(41(40)46-47)39-27-23-33(50-39)21-18-12-9-6-3/h22-27,29-30H,4-21,28H2,1-3H3. The van der Waals surface area contributed by atoms with Crippen molar-refractivity contribution in [3.63, 3.8) is 0 Å². The van der Waals surface area contributed by atoms with E-state index in [0.29, 0.717) is 6.61 Å². The summed E-state index contributed by atoms with van der Waals surface area (Å²) in [7, 11) is 0. The number of aromatic nitrogens is 3. The zero-order chi connectivity index (χ0) is 35.1. The van der Waals surface area contributed by atoms with Crippen molar-refractivity contribution in [2.24, 2.45) is 0 Å². The summed E-state index contributed by atoms with van der Waals surface area (Å²) < 4.78 is 36.3. The molecule has 4 nitrogen and oxygen atoms in total. The van der Waals surface area contributed by atoms with Crippen LogP contribution >= 0.6 is 22.7 Å². The lowest BCUT2D eigenvalue weighted by Gasteiger charge is -2.10. The fourth-order valence-electron chi connectivity index (χ4n) is 6.48. The molecule has 0 aliphatic rings. The fraction of sp³-hybridized carbons (Fsp3) is 0.524. The number of benzene rings is 2. The maximum absolute atomic E-state index is 15.4. The highest BCUT2D eigenvalue weighted by Crippen LogP contribution is 2.40. The van der Waals surface area contributed by atoms with Crippen LogP contribution in [0.15, 0.2) is 48.5 Å². The van der Waals surface area contributed by atoms with Gasteiger partial charge in [0.15, 0.2) is 17.4 Å². The summed E-state index contributed by atoms with van der Waals surface area (Å²) in [6.07, 6.45) is 21.1. The number of aryl methyl sites for hydroxylation is 2. The molecular formula is C42H55F2N3OS2. The smallest absolute Gasteiger partial charge is 0.190 e. The first kappa shape index (κ1) is 38.1. The van der Waals surface area contributed by atoms with Crippen LogP contribution < -0.4 is 4.74 Å². The number of fused-ring (bicyclic) bond motifs is 1. The molecule has 3 heterocycles. The summed E-state index contributed by atoms with van der Waals surface area (Å²) in [4.78, 5) is 6.36. The van der Waals surface area contributed by atoms with Gasteiger partial charge in [-0.1, -0.05) is 116 Å². The van der Waals surface area contributed by atoms with E-state index < -0.39 is 11.6 Å². The molecule has 5 rings (SSSR count). The van der Waals surface area contributed by atoms with Crippen molar-refractivity contribution in [2.45, 2.75) is 136 Å². The van der Waals surface area contributed by atoms with Crippen molar-refractivity contribution >= 4 is 33.7 Å². The first-order chi connectivity index (χ1) is 24.5. The van der Waals surface area contributed by atoms with Gasteiger partial charge in [0.1, 0.15) is 11.0 Å². The van der Waals surface area contributed by atoms with E-state index in [1.54, 1.807) is 22.7 Å². The molecule has 0 amide bonds. The SMILES string of the molecule is CCCCCCCCCCOc1c(F)cc(-n2nc3c(-c4ccc(CCCCCC)s4)ccc(-c4ccc(CCCCCC)s4)c3n2)cc1F. The van der Waals surface area contributed by atoms with Gasteiger partial charge in [-0.2, -0.15) is 4.80 Å². The van der Waals surface area contributed by atoms with Crippen LogP contribution in [0.4, 0.5) is 8.78 Å². The lowest BCUT2D eigenvalue weighted by molar-refractivity contribution is 0.275. The van der Waals surface area contributed by atoms with Crippen LogP contribution in [-0.4, -0.2) is 21.6 Å². The Kier molecular flexibility index (Phi) is 15.3. The normalized spacial score (nSPS) is 11.6. The van der Waals surface area contributed by atoms with Gasteiger partial charge >= 0.3 is 0 Å². The van der Waals surface area contributed by atoms with Crippen molar-refractivity contribution in [1.29, 1.82) is 0 Å². The number of hydrogen-bond donors (Lipinski definition) is 0. The molecule has 0 bridgehead atoms. The molecule has 2 aromatic carbocycles. The Hall–Kier alpha value is -3.10. The zero-order valence-electron chi connectivity index (χ0n) is 30.4. The fourth-order valence-corrected chi connectivity index (χ4v) is 8.63. The lowest BCUT2D eigenvalue weighted by Crippen LogP contribution is -2.05. The highest BCUT2D eigenvalue weighted by atomic mass is 32.1. The van der Waals surface area contributed by atoms with Gasteiger partial charge in [-0.3, -0.25) is 0 Å². The third kappa shape index (κ3) is 10.5. The van der Waals surface area contributed by atoms with Gasteiger partial charge in [0.05, 0.1) is 12.3 Å². The molecule has 0 radical (unpaired) electrons. The maximum Gasteiger partial charge on any atom is 0.190 e. The second-order valence-corrected chi connectivity index (χ2v) is 15.9. The molecule has 0 aliphatic carbocycles. The molecule has 270 valence electrons. The van der Waals surface area contributed by atoms with Crippen molar-refractivity contribution in [1.82, 2.24) is 15.0 Å². The summed E-state index contributed by atoms with van der Waals surface area (Å²) in [5, 5.41) is 9.79. The van der Waals surface area contributed by atoms with Crippen molar-refractivity contribution < 1.29 is 13.5 Å². The van der Waals surface area contributed by atoms with Crippen LogP contribution in [0.2, 0.25) is 0 Å². The first-order valence-corrected chi connectivity index (χ1v) is 20.9. The predicted molar refractivity (Wildman–Crippen MR) is 209 cm³/mol. The van der Waals surface area contributed by atoms with Gasteiger partial charge in [0.25, 0.3) is 0 Å². The second-order valence-electron chi connectivity index (χ2n) is 13.6. The van der Waals surface area contributed by atoms with Gasteiger partial charge in [0.2, 0.25) is 0 Å². The minimum atomic E-state index is -0.738. The Labute approximate surface area is 306 Å². The Morgan fingerprint density at radius 3 is 1.48 bits per heavy atom. The lowest BCUT2D eigenvalue weighted by atomic mass is 10.1. The number of hydrogen-bond acceptors (Lipinski definition) is 5. The van der Waals surface area contributed by atoms with Crippen molar-refractivity contribution in [3.05, 3.63) is 69.9 Å². The van der Waals surface area contributed by atoms with Crippen LogP contribution in [0.3, 0.4) is 0 Å². The largest absolute Gasteiger partial charge is 0.488 e. The summed E-state index contributed by atoms with van der Waals surface area (Å²) in [6, 6.07) is 15.6. The monoisotopic (exact) mass is 719 g/mol. The molecule has 0 saturated carbocycles. The molecule has 5 aromatic rings. The third-order valence-electron chi connectivity index (χ3n) is 9.41. The highest BCUT2D eigenvalue weighted by molar-refractivity contribution is 7.16. The van der Waals surface area contributed by atoms with Crippen LogP contribution in [-0.2, 0) is 12.8 Å². The predicted octanol–water partition coefficient (Wildman–Crippen LogP) is 13.9. The van der Waals surface area contributed by atoms with Crippen LogP contribution in [0, 0.1) is 11.6 Å². The average molecular weight is 720 g/mol.